The summed E-state index contributed by atoms with van der Waals surface area (Å²) < 4.78 is 38.9. The topological polar surface area (TPSA) is 79.3 Å². The van der Waals surface area contributed by atoms with Crippen LogP contribution in [0.4, 0.5) is 24.5 Å². The highest BCUT2D eigenvalue weighted by molar-refractivity contribution is 5.97. The van der Waals surface area contributed by atoms with Gasteiger partial charge in [0.25, 0.3) is 0 Å². The van der Waals surface area contributed by atoms with Crippen molar-refractivity contribution in [1.82, 2.24) is 15.1 Å². The van der Waals surface area contributed by atoms with Crippen LogP contribution in [0.15, 0.2) is 36.5 Å². The van der Waals surface area contributed by atoms with Crippen LogP contribution >= 0.6 is 0 Å². The number of hydrogen-bond acceptors (Lipinski definition) is 4. The molecule has 10 heteroatoms. The van der Waals surface area contributed by atoms with Crippen LogP contribution in [0.2, 0.25) is 0 Å². The maximum absolute atomic E-state index is 12.7. The predicted molar refractivity (Wildman–Crippen MR) is 111 cm³/mol. The Bertz CT molecular complexity index is 906. The highest BCUT2D eigenvalue weighted by Gasteiger charge is 2.33. The van der Waals surface area contributed by atoms with E-state index in [1.54, 1.807) is 6.07 Å². The standard InChI is InChI=1S/C21H26F3N5O2/c1-2-6-17(26-19(30)14-29-12-9-18(27-29)21(22,23)24)20(31)25-15-7-5-8-16(13-15)28-10-3-4-11-28/h5,7-9,12-13,17H,2-4,6,10-11,14H2,1H3,(H,25,31)(H,26,30). The zero-order valence-corrected chi connectivity index (χ0v) is 17.3. The summed E-state index contributed by atoms with van der Waals surface area (Å²) >= 11 is 0. The van der Waals surface area contributed by atoms with Gasteiger partial charge in [-0.2, -0.15) is 18.3 Å². The number of rotatable bonds is 8. The van der Waals surface area contributed by atoms with Crippen molar-refractivity contribution in [3.63, 3.8) is 0 Å². The average Bonchev–Trinajstić information content (AvgIpc) is 3.39. The first-order valence-electron chi connectivity index (χ1n) is 10.3. The lowest BCUT2D eigenvalue weighted by Gasteiger charge is -2.20. The molecule has 0 aliphatic carbocycles. The average molecular weight is 437 g/mol. The van der Waals surface area contributed by atoms with Gasteiger partial charge in [-0.25, -0.2) is 0 Å². The Morgan fingerprint density at radius 1 is 1.19 bits per heavy atom. The Hall–Kier alpha value is -3.04. The van der Waals surface area contributed by atoms with Gasteiger partial charge >= 0.3 is 6.18 Å². The molecule has 1 aromatic carbocycles. The number of halogens is 3. The molecular weight excluding hydrogens is 411 g/mol. The Labute approximate surface area is 178 Å². The molecule has 2 N–H and O–H groups in total. The molecule has 0 bridgehead atoms. The van der Waals surface area contributed by atoms with Crippen LogP contribution in [0.3, 0.4) is 0 Å². The summed E-state index contributed by atoms with van der Waals surface area (Å²) in [5, 5.41) is 8.79. The lowest BCUT2D eigenvalue weighted by molar-refractivity contribution is -0.141. The number of amides is 2. The van der Waals surface area contributed by atoms with Crippen LogP contribution in [-0.2, 0) is 22.3 Å². The van der Waals surface area contributed by atoms with Gasteiger partial charge in [0.1, 0.15) is 12.6 Å². The van der Waals surface area contributed by atoms with E-state index in [1.807, 2.05) is 25.1 Å². The van der Waals surface area contributed by atoms with Gasteiger partial charge in [0.05, 0.1) is 0 Å². The van der Waals surface area contributed by atoms with Crippen molar-refractivity contribution >= 4 is 23.2 Å². The van der Waals surface area contributed by atoms with E-state index in [0.717, 1.165) is 48.6 Å². The van der Waals surface area contributed by atoms with E-state index < -0.39 is 30.4 Å². The van der Waals surface area contributed by atoms with Crippen molar-refractivity contribution in [3.05, 3.63) is 42.2 Å². The zero-order chi connectivity index (χ0) is 22.4. The lowest BCUT2D eigenvalue weighted by atomic mass is 10.1. The second kappa shape index (κ2) is 9.84. The van der Waals surface area contributed by atoms with Crippen molar-refractivity contribution in [2.24, 2.45) is 0 Å². The molecule has 1 unspecified atom stereocenters. The summed E-state index contributed by atoms with van der Waals surface area (Å²) in [6, 6.07) is 7.54. The first-order chi connectivity index (χ1) is 14.8. The lowest BCUT2D eigenvalue weighted by Crippen LogP contribution is -2.45. The first kappa shape index (κ1) is 22.6. The highest BCUT2D eigenvalue weighted by Crippen LogP contribution is 2.27. The Kier molecular flexibility index (Phi) is 7.19. The fourth-order valence-electron chi connectivity index (χ4n) is 3.53. The number of hydrogen-bond donors (Lipinski definition) is 2. The molecular formula is C21H26F3N5O2. The SMILES string of the molecule is CCCC(NC(=O)Cn1ccc(C(F)(F)F)n1)C(=O)Nc1cccc(N2CCCC2)c1. The van der Waals surface area contributed by atoms with Crippen molar-refractivity contribution < 1.29 is 22.8 Å². The van der Waals surface area contributed by atoms with Gasteiger partial charge in [0.2, 0.25) is 11.8 Å². The van der Waals surface area contributed by atoms with Crippen LogP contribution in [0, 0.1) is 0 Å². The number of benzene rings is 1. The third-order valence-corrected chi connectivity index (χ3v) is 5.05. The van der Waals surface area contributed by atoms with Gasteiger partial charge in [-0.15, -0.1) is 0 Å². The van der Waals surface area contributed by atoms with E-state index in [4.69, 9.17) is 0 Å². The second-order valence-corrected chi connectivity index (χ2v) is 7.54. The van der Waals surface area contributed by atoms with Crippen LogP contribution in [-0.4, -0.2) is 40.7 Å². The minimum atomic E-state index is -4.57. The molecule has 0 spiro atoms. The van der Waals surface area contributed by atoms with Crippen molar-refractivity contribution in [3.8, 4) is 0 Å². The van der Waals surface area contributed by atoms with Crippen molar-refractivity contribution in [1.29, 1.82) is 0 Å². The van der Waals surface area contributed by atoms with E-state index in [9.17, 15) is 22.8 Å². The Morgan fingerprint density at radius 2 is 1.94 bits per heavy atom. The summed E-state index contributed by atoms with van der Waals surface area (Å²) in [6.07, 6.45) is -0.163. The number of nitrogens with one attached hydrogen (secondary N) is 2. The monoisotopic (exact) mass is 437 g/mol. The number of alkyl halides is 3. The predicted octanol–water partition coefficient (Wildman–Crippen LogP) is 3.43. The van der Waals surface area contributed by atoms with Gasteiger partial charge in [0.15, 0.2) is 5.69 Å². The fraction of sp³-hybridized carbons (Fsp3) is 0.476. The van der Waals surface area contributed by atoms with Crippen molar-refractivity contribution in [2.45, 2.75) is 51.4 Å². The molecule has 0 radical (unpaired) electrons. The normalized spacial score (nSPS) is 15.0. The molecule has 168 valence electrons. The van der Waals surface area contributed by atoms with Crippen LogP contribution in [0.25, 0.3) is 0 Å². The minimum Gasteiger partial charge on any atom is -0.371 e. The molecule has 2 amide bonds. The molecule has 2 heterocycles. The van der Waals surface area contributed by atoms with Crippen LogP contribution < -0.4 is 15.5 Å². The minimum absolute atomic E-state index is 0.370. The Balaban J connectivity index is 1.60. The van der Waals surface area contributed by atoms with Gasteiger partial charge in [-0.05, 0) is 43.5 Å². The summed E-state index contributed by atoms with van der Waals surface area (Å²) in [5.74, 6) is -0.957. The molecule has 1 atom stereocenters. The molecule has 31 heavy (non-hydrogen) atoms. The second-order valence-electron chi connectivity index (χ2n) is 7.54. The van der Waals surface area contributed by atoms with Gasteiger partial charge in [0, 0.05) is 30.7 Å². The number of nitrogens with zero attached hydrogens (tertiary/aromatic N) is 3. The van der Waals surface area contributed by atoms with Crippen LogP contribution in [0.1, 0.15) is 38.3 Å². The van der Waals surface area contributed by atoms with E-state index in [2.05, 4.69) is 20.6 Å². The molecule has 1 aromatic heterocycles. The van der Waals surface area contributed by atoms with E-state index in [1.165, 1.54) is 0 Å². The number of carbonyl (C=O) groups is 2. The molecule has 2 aromatic rings. The highest BCUT2D eigenvalue weighted by atomic mass is 19.4. The van der Waals surface area contributed by atoms with E-state index in [0.29, 0.717) is 18.5 Å². The fourth-order valence-corrected chi connectivity index (χ4v) is 3.53. The van der Waals surface area contributed by atoms with Gasteiger partial charge < -0.3 is 15.5 Å². The number of anilines is 2. The maximum Gasteiger partial charge on any atom is 0.435 e. The van der Waals surface area contributed by atoms with Crippen LogP contribution in [0.5, 0.6) is 0 Å². The maximum atomic E-state index is 12.7. The zero-order valence-electron chi connectivity index (χ0n) is 17.3. The number of carbonyl (C=O) groups excluding carboxylic acids is 2. The molecule has 0 saturated carbocycles. The first-order valence-corrected chi connectivity index (χ1v) is 10.3. The quantitative estimate of drug-likeness (QED) is 0.663. The summed E-state index contributed by atoms with van der Waals surface area (Å²) in [6.45, 7) is 3.43. The summed E-state index contributed by atoms with van der Waals surface area (Å²) in [5.41, 5.74) is 0.596. The van der Waals surface area contributed by atoms with E-state index >= 15 is 0 Å². The molecule has 1 saturated heterocycles. The third-order valence-electron chi connectivity index (χ3n) is 5.05. The molecule has 7 nitrogen and oxygen atoms in total. The Morgan fingerprint density at radius 3 is 2.58 bits per heavy atom. The smallest absolute Gasteiger partial charge is 0.371 e. The molecule has 1 aliphatic heterocycles. The van der Waals surface area contributed by atoms with E-state index in [-0.39, 0.29) is 5.91 Å². The van der Waals surface area contributed by atoms with Gasteiger partial charge in [-0.3, -0.25) is 14.3 Å². The largest absolute Gasteiger partial charge is 0.435 e. The molecule has 1 aliphatic rings. The summed E-state index contributed by atoms with van der Waals surface area (Å²) in [4.78, 5) is 27.3. The van der Waals surface area contributed by atoms with Crippen molar-refractivity contribution in [2.75, 3.05) is 23.3 Å². The summed E-state index contributed by atoms with van der Waals surface area (Å²) in [7, 11) is 0. The third kappa shape index (κ3) is 6.22. The van der Waals surface area contributed by atoms with Gasteiger partial charge in [-0.1, -0.05) is 19.4 Å². The number of aromatic nitrogens is 2. The molecule has 1 fully saturated rings. The molecule has 3 rings (SSSR count).